The van der Waals surface area contributed by atoms with Crippen LogP contribution in [-0.4, -0.2) is 42.4 Å². The van der Waals surface area contributed by atoms with Crippen LogP contribution >= 0.6 is 11.3 Å². The van der Waals surface area contributed by atoms with Crippen molar-refractivity contribution < 1.29 is 29.0 Å². The first-order chi connectivity index (χ1) is 10.8. The van der Waals surface area contributed by atoms with Crippen molar-refractivity contribution in [3.8, 4) is 0 Å². The fourth-order valence-corrected chi connectivity index (χ4v) is 2.78. The van der Waals surface area contributed by atoms with Gasteiger partial charge in [-0.05, 0) is 33.3 Å². The number of thiophene rings is 1. The molecule has 0 aromatic carbocycles. The summed E-state index contributed by atoms with van der Waals surface area (Å²) in [5.41, 5.74) is 0.675. The van der Waals surface area contributed by atoms with Crippen LogP contribution < -0.4 is 0 Å². The molecule has 0 amide bonds. The Labute approximate surface area is 137 Å². The Morgan fingerprint density at radius 2 is 1.70 bits per heavy atom. The molecule has 0 unspecified atom stereocenters. The van der Waals surface area contributed by atoms with Gasteiger partial charge in [0.1, 0.15) is 5.00 Å². The van der Waals surface area contributed by atoms with Crippen molar-refractivity contribution in [2.45, 2.75) is 27.7 Å². The van der Waals surface area contributed by atoms with Crippen LogP contribution in [0.4, 0.5) is 5.00 Å². The Kier molecular flexibility index (Phi) is 6.89. The fourth-order valence-electron chi connectivity index (χ4n) is 1.78. The molecule has 0 radical (unpaired) electrons. The molecule has 0 saturated carbocycles. The van der Waals surface area contributed by atoms with Crippen LogP contribution in [0.5, 0.6) is 0 Å². The molecule has 0 aliphatic heterocycles. The summed E-state index contributed by atoms with van der Waals surface area (Å²) in [6, 6.07) is 0. The average Bonchev–Trinajstić information content (AvgIpc) is 2.75. The van der Waals surface area contributed by atoms with E-state index >= 15 is 0 Å². The van der Waals surface area contributed by atoms with E-state index in [0.717, 1.165) is 11.1 Å². The van der Waals surface area contributed by atoms with Crippen LogP contribution in [0.25, 0.3) is 0 Å². The molecule has 1 aromatic heterocycles. The van der Waals surface area contributed by atoms with E-state index in [-0.39, 0.29) is 23.8 Å². The predicted molar refractivity (Wildman–Crippen MR) is 85.7 cm³/mol. The highest BCUT2D eigenvalue weighted by molar-refractivity contribution is 7.16. The second-order valence-corrected chi connectivity index (χ2v) is 5.73. The van der Waals surface area contributed by atoms with E-state index in [2.05, 4.69) is 4.99 Å². The van der Waals surface area contributed by atoms with E-state index in [1.54, 1.807) is 27.7 Å². The molecule has 1 rings (SSSR count). The third-order valence-corrected chi connectivity index (χ3v) is 4.12. The number of carbonyl (C=O) groups excluding carboxylic acids is 2. The molecule has 0 aliphatic rings. The van der Waals surface area contributed by atoms with Crippen LogP contribution in [0.1, 0.15) is 34.6 Å². The molecule has 1 N–H and O–H groups in total. The summed E-state index contributed by atoms with van der Waals surface area (Å²) in [4.78, 5) is 39.8. The van der Waals surface area contributed by atoms with Gasteiger partial charge in [0.05, 0.1) is 18.8 Å². The number of rotatable bonds is 7. The molecule has 126 valence electrons. The first kappa shape index (κ1) is 18.8. The van der Waals surface area contributed by atoms with Crippen molar-refractivity contribution in [1.82, 2.24) is 0 Å². The zero-order chi connectivity index (χ0) is 17.6. The number of esters is 2. The number of aryl methyl sites for hydroxylation is 1. The van der Waals surface area contributed by atoms with Crippen molar-refractivity contribution in [1.29, 1.82) is 0 Å². The SMILES string of the molecule is CCOC(=O)C(/C=N/c1sc(C)c(C)c1C(=O)O)C(=O)OCC. The first-order valence-corrected chi connectivity index (χ1v) is 7.85. The highest BCUT2D eigenvalue weighted by Gasteiger charge is 2.28. The fraction of sp³-hybridized carbons (Fsp3) is 0.467. The largest absolute Gasteiger partial charge is 0.478 e. The second kappa shape index (κ2) is 8.42. The maximum absolute atomic E-state index is 11.8. The van der Waals surface area contributed by atoms with Crippen molar-refractivity contribution in [3.63, 3.8) is 0 Å². The van der Waals surface area contributed by atoms with Gasteiger partial charge in [0.25, 0.3) is 0 Å². The quantitative estimate of drug-likeness (QED) is 0.464. The lowest BCUT2D eigenvalue weighted by atomic mass is 10.1. The van der Waals surface area contributed by atoms with Gasteiger partial charge in [0.15, 0.2) is 5.92 Å². The number of aliphatic imine (C=N–C) groups is 1. The van der Waals surface area contributed by atoms with Gasteiger partial charge in [-0.3, -0.25) is 9.59 Å². The molecule has 0 saturated heterocycles. The van der Waals surface area contributed by atoms with E-state index in [1.807, 2.05) is 0 Å². The van der Waals surface area contributed by atoms with Gasteiger partial charge in [0.2, 0.25) is 0 Å². The lowest BCUT2D eigenvalue weighted by molar-refractivity contribution is -0.157. The molecule has 8 heteroatoms. The molecule has 0 bridgehead atoms. The maximum Gasteiger partial charge on any atom is 0.339 e. The summed E-state index contributed by atoms with van der Waals surface area (Å²) < 4.78 is 9.65. The number of nitrogens with zero attached hydrogens (tertiary/aromatic N) is 1. The zero-order valence-electron chi connectivity index (χ0n) is 13.4. The zero-order valence-corrected chi connectivity index (χ0v) is 14.2. The van der Waals surface area contributed by atoms with Crippen LogP contribution in [0, 0.1) is 19.8 Å². The summed E-state index contributed by atoms with van der Waals surface area (Å²) in [6.07, 6.45) is 1.08. The third kappa shape index (κ3) is 4.62. The van der Waals surface area contributed by atoms with Crippen molar-refractivity contribution in [2.24, 2.45) is 10.9 Å². The minimum atomic E-state index is -1.32. The number of carboxylic acid groups (broad SMARTS) is 1. The lowest BCUT2D eigenvalue weighted by Gasteiger charge is -2.09. The Hall–Kier alpha value is -2.22. The minimum absolute atomic E-state index is 0.0650. The summed E-state index contributed by atoms with van der Waals surface area (Å²) >= 11 is 1.18. The van der Waals surface area contributed by atoms with E-state index in [1.165, 1.54) is 11.3 Å². The highest BCUT2D eigenvalue weighted by Crippen LogP contribution is 2.34. The normalized spacial score (nSPS) is 11.0. The predicted octanol–water partition coefficient (Wildman–Crippen LogP) is 2.51. The number of aromatic carboxylic acids is 1. The molecular formula is C15H19NO6S. The standard InChI is InChI=1S/C15H19NO6S/c1-5-21-14(19)10(15(20)22-6-2)7-16-12-11(13(17)18)8(3)9(4)23-12/h7,10H,5-6H2,1-4H3,(H,17,18)/b16-7+. The number of hydrogen-bond acceptors (Lipinski definition) is 7. The summed E-state index contributed by atoms with van der Waals surface area (Å²) in [6.45, 7) is 6.92. The Balaban J connectivity index is 3.15. The van der Waals surface area contributed by atoms with Gasteiger partial charge in [-0.1, -0.05) is 0 Å². The van der Waals surface area contributed by atoms with Crippen LogP contribution in [-0.2, 0) is 19.1 Å². The van der Waals surface area contributed by atoms with Gasteiger partial charge in [-0.2, -0.15) is 0 Å². The molecule has 0 spiro atoms. The van der Waals surface area contributed by atoms with E-state index < -0.39 is 23.8 Å². The summed E-state index contributed by atoms with van der Waals surface area (Å²) in [7, 11) is 0. The van der Waals surface area contributed by atoms with Crippen LogP contribution in [0.2, 0.25) is 0 Å². The average molecular weight is 341 g/mol. The molecule has 0 aliphatic carbocycles. The molecule has 1 heterocycles. The molecular weight excluding hydrogens is 322 g/mol. The van der Waals surface area contributed by atoms with Gasteiger partial charge >= 0.3 is 17.9 Å². The van der Waals surface area contributed by atoms with Gasteiger partial charge in [-0.15, -0.1) is 11.3 Å². The van der Waals surface area contributed by atoms with E-state index in [4.69, 9.17) is 9.47 Å². The Morgan fingerprint density at radius 3 is 2.13 bits per heavy atom. The number of ether oxygens (including phenoxy) is 2. The molecule has 0 atom stereocenters. The second-order valence-electron chi connectivity index (χ2n) is 4.53. The number of hydrogen-bond donors (Lipinski definition) is 1. The van der Waals surface area contributed by atoms with Crippen LogP contribution in [0.15, 0.2) is 4.99 Å². The highest BCUT2D eigenvalue weighted by atomic mass is 32.1. The van der Waals surface area contributed by atoms with Gasteiger partial charge in [-0.25, -0.2) is 9.79 Å². The van der Waals surface area contributed by atoms with Crippen molar-refractivity contribution in [3.05, 3.63) is 16.0 Å². The van der Waals surface area contributed by atoms with Gasteiger partial charge < -0.3 is 14.6 Å². The minimum Gasteiger partial charge on any atom is -0.478 e. The van der Waals surface area contributed by atoms with E-state index in [0.29, 0.717) is 5.56 Å². The Bertz CT molecular complexity index is 616. The lowest BCUT2D eigenvalue weighted by Crippen LogP contribution is -2.29. The van der Waals surface area contributed by atoms with Crippen molar-refractivity contribution >= 4 is 40.5 Å². The smallest absolute Gasteiger partial charge is 0.339 e. The summed E-state index contributed by atoms with van der Waals surface area (Å²) in [5.74, 6) is -3.99. The monoisotopic (exact) mass is 341 g/mol. The summed E-state index contributed by atoms with van der Waals surface area (Å²) in [5, 5.41) is 9.49. The molecule has 7 nitrogen and oxygen atoms in total. The maximum atomic E-state index is 11.8. The first-order valence-electron chi connectivity index (χ1n) is 7.04. The van der Waals surface area contributed by atoms with Crippen LogP contribution in [0.3, 0.4) is 0 Å². The van der Waals surface area contributed by atoms with Gasteiger partial charge in [0, 0.05) is 11.1 Å². The molecule has 23 heavy (non-hydrogen) atoms. The van der Waals surface area contributed by atoms with E-state index in [9.17, 15) is 19.5 Å². The third-order valence-electron chi connectivity index (χ3n) is 3.00. The topological polar surface area (TPSA) is 102 Å². The number of carboxylic acids is 1. The number of carbonyl (C=O) groups is 3. The van der Waals surface area contributed by atoms with Crippen molar-refractivity contribution in [2.75, 3.05) is 13.2 Å². The molecule has 1 aromatic rings. The molecule has 0 fully saturated rings. The Morgan fingerprint density at radius 1 is 1.17 bits per heavy atom.